The van der Waals surface area contributed by atoms with E-state index in [-0.39, 0.29) is 17.6 Å². The lowest BCUT2D eigenvalue weighted by atomic mass is 9.72. The first-order valence-corrected chi connectivity index (χ1v) is 9.88. The lowest BCUT2D eigenvalue weighted by molar-refractivity contribution is -0.133. The second-order valence-corrected chi connectivity index (χ2v) is 7.53. The topological polar surface area (TPSA) is 101 Å². The van der Waals surface area contributed by atoms with Gasteiger partial charge in [-0.15, -0.1) is 0 Å². The number of aromatic nitrogens is 3. The van der Waals surface area contributed by atoms with Crippen LogP contribution in [0.3, 0.4) is 0 Å². The van der Waals surface area contributed by atoms with Gasteiger partial charge >= 0.3 is 0 Å². The molecule has 2 aromatic heterocycles. The van der Waals surface area contributed by atoms with Crippen LogP contribution in [0.25, 0.3) is 11.1 Å². The number of hydrogen-bond acceptors (Lipinski definition) is 6. The fourth-order valence-corrected chi connectivity index (χ4v) is 4.07. The molecule has 0 unspecified atom stereocenters. The molecule has 2 amide bonds. The molecule has 8 heteroatoms. The van der Waals surface area contributed by atoms with Gasteiger partial charge in [-0.3, -0.25) is 9.59 Å². The van der Waals surface area contributed by atoms with E-state index in [2.05, 4.69) is 26.5 Å². The van der Waals surface area contributed by atoms with Crippen LogP contribution < -0.4 is 5.32 Å². The van der Waals surface area contributed by atoms with E-state index in [4.69, 9.17) is 4.52 Å². The molecule has 4 rings (SSSR count). The molecule has 3 heterocycles. The van der Waals surface area contributed by atoms with E-state index >= 15 is 0 Å². The number of carbonyl (C=O) groups is 2. The third-order valence-electron chi connectivity index (χ3n) is 5.73. The van der Waals surface area contributed by atoms with Crippen molar-refractivity contribution in [2.75, 3.05) is 20.1 Å². The summed E-state index contributed by atoms with van der Waals surface area (Å²) in [6.07, 6.45) is 8.25. The second-order valence-electron chi connectivity index (χ2n) is 7.53. The van der Waals surface area contributed by atoms with Gasteiger partial charge in [0.2, 0.25) is 11.7 Å². The van der Waals surface area contributed by atoms with Gasteiger partial charge in [-0.05, 0) is 30.4 Å². The summed E-state index contributed by atoms with van der Waals surface area (Å²) in [5.41, 5.74) is 2.44. The number of nitrogens with one attached hydrogen (secondary N) is 1. The molecule has 8 nitrogen and oxygen atoms in total. The number of nitrogens with zero attached hydrogens (tertiary/aromatic N) is 4. The summed E-state index contributed by atoms with van der Waals surface area (Å²) in [4.78, 5) is 35.3. The van der Waals surface area contributed by atoms with Gasteiger partial charge in [0.25, 0.3) is 5.91 Å². The van der Waals surface area contributed by atoms with Crippen molar-refractivity contribution >= 4 is 11.8 Å². The Kier molecular flexibility index (Phi) is 5.56. The van der Waals surface area contributed by atoms with Gasteiger partial charge < -0.3 is 14.7 Å². The maximum Gasteiger partial charge on any atom is 0.292 e. The number of rotatable bonds is 5. The van der Waals surface area contributed by atoms with E-state index in [1.165, 1.54) is 12.5 Å². The van der Waals surface area contributed by atoms with E-state index in [9.17, 15) is 9.59 Å². The molecule has 30 heavy (non-hydrogen) atoms. The van der Waals surface area contributed by atoms with E-state index in [0.29, 0.717) is 32.4 Å². The average molecular weight is 405 g/mol. The van der Waals surface area contributed by atoms with Crippen LogP contribution in [0.15, 0.2) is 59.8 Å². The van der Waals surface area contributed by atoms with E-state index in [1.54, 1.807) is 30.4 Å². The van der Waals surface area contributed by atoms with Gasteiger partial charge in [0.1, 0.15) is 6.33 Å². The molecule has 1 fully saturated rings. The van der Waals surface area contributed by atoms with Gasteiger partial charge in [-0.25, -0.2) is 9.97 Å². The van der Waals surface area contributed by atoms with Crippen LogP contribution in [0.1, 0.15) is 29.0 Å². The third kappa shape index (κ3) is 3.94. The van der Waals surface area contributed by atoms with Crippen LogP contribution >= 0.6 is 0 Å². The van der Waals surface area contributed by atoms with E-state index in [1.807, 2.05) is 18.2 Å². The fourth-order valence-electron chi connectivity index (χ4n) is 4.07. The maximum absolute atomic E-state index is 12.9. The highest BCUT2D eigenvalue weighted by Crippen LogP contribution is 2.36. The van der Waals surface area contributed by atoms with Crippen LogP contribution in [0.2, 0.25) is 0 Å². The third-order valence-corrected chi connectivity index (χ3v) is 5.73. The largest absolute Gasteiger partial charge is 0.359 e. The van der Waals surface area contributed by atoms with Gasteiger partial charge in [0, 0.05) is 44.2 Å². The van der Waals surface area contributed by atoms with Crippen LogP contribution in [0, 0.1) is 5.41 Å². The van der Waals surface area contributed by atoms with Crippen molar-refractivity contribution in [2.24, 2.45) is 5.41 Å². The number of piperidine rings is 1. The predicted molar refractivity (Wildman–Crippen MR) is 109 cm³/mol. The highest BCUT2D eigenvalue weighted by atomic mass is 16.5. The van der Waals surface area contributed by atoms with Crippen LogP contribution in [0.5, 0.6) is 0 Å². The summed E-state index contributed by atoms with van der Waals surface area (Å²) in [5.74, 6) is 0.0343. The molecule has 0 aliphatic carbocycles. The Morgan fingerprint density at radius 3 is 2.57 bits per heavy atom. The molecule has 0 saturated carbocycles. The average Bonchev–Trinajstić information content (AvgIpc) is 3.34. The summed E-state index contributed by atoms with van der Waals surface area (Å²) in [7, 11) is 1.66. The van der Waals surface area contributed by atoms with Crippen molar-refractivity contribution in [3.63, 3.8) is 0 Å². The number of amides is 2. The molecule has 154 valence electrons. The van der Waals surface area contributed by atoms with Gasteiger partial charge in [0.15, 0.2) is 0 Å². The number of hydrogen-bond donors (Lipinski definition) is 1. The molecule has 1 aliphatic rings. The second kappa shape index (κ2) is 8.44. The van der Waals surface area contributed by atoms with Crippen molar-refractivity contribution in [2.45, 2.75) is 19.3 Å². The Morgan fingerprint density at radius 1 is 1.13 bits per heavy atom. The zero-order valence-electron chi connectivity index (χ0n) is 16.7. The predicted octanol–water partition coefficient (Wildman–Crippen LogP) is 2.34. The molecular weight excluding hydrogens is 382 g/mol. The van der Waals surface area contributed by atoms with Gasteiger partial charge in [-0.1, -0.05) is 29.4 Å². The molecule has 1 saturated heterocycles. The van der Waals surface area contributed by atoms with Crippen molar-refractivity contribution in [3.8, 4) is 11.1 Å². The molecule has 1 aromatic carbocycles. The lowest BCUT2D eigenvalue weighted by Crippen LogP contribution is -2.50. The normalized spacial score (nSPS) is 15.6. The monoisotopic (exact) mass is 405 g/mol. The first-order chi connectivity index (χ1) is 14.6. The Morgan fingerprint density at radius 2 is 1.90 bits per heavy atom. The van der Waals surface area contributed by atoms with E-state index in [0.717, 1.165) is 16.7 Å². The molecule has 0 bridgehead atoms. The van der Waals surface area contributed by atoms with Crippen molar-refractivity contribution in [1.29, 1.82) is 0 Å². The van der Waals surface area contributed by atoms with Crippen LogP contribution in [-0.2, 0) is 11.2 Å². The summed E-state index contributed by atoms with van der Waals surface area (Å²) in [5, 5.41) is 6.42. The first kappa shape index (κ1) is 19.8. The summed E-state index contributed by atoms with van der Waals surface area (Å²) < 4.78 is 4.99. The highest BCUT2D eigenvalue weighted by molar-refractivity contribution is 5.91. The molecule has 0 radical (unpaired) electrons. The fraction of sp³-hybridized carbons (Fsp3) is 0.318. The Labute approximate surface area is 174 Å². The van der Waals surface area contributed by atoms with Crippen LogP contribution in [0.4, 0.5) is 0 Å². The molecule has 0 spiro atoms. The minimum atomic E-state index is -0.571. The maximum atomic E-state index is 12.9. The van der Waals surface area contributed by atoms with Crippen molar-refractivity contribution in [3.05, 3.63) is 66.6 Å². The zero-order chi connectivity index (χ0) is 21.0. The quantitative estimate of drug-likeness (QED) is 0.699. The minimum absolute atomic E-state index is 0.00251. The van der Waals surface area contributed by atoms with E-state index < -0.39 is 5.41 Å². The molecule has 1 aliphatic heterocycles. The van der Waals surface area contributed by atoms with Crippen molar-refractivity contribution < 1.29 is 14.1 Å². The summed E-state index contributed by atoms with van der Waals surface area (Å²) >= 11 is 0. The standard InChI is InChI=1S/C22H23N5O3/c1-23-21(29)22(6-9-27(10-7-22)20(28)19-5-8-26-30-19)12-16-3-2-4-17(11-16)18-13-24-15-25-14-18/h2-5,8,11,13-15H,6-7,9-10,12H2,1H3,(H,23,29). The minimum Gasteiger partial charge on any atom is -0.359 e. The van der Waals surface area contributed by atoms with Crippen molar-refractivity contribution in [1.82, 2.24) is 25.3 Å². The number of benzene rings is 1. The molecular formula is C22H23N5O3. The Bertz CT molecular complexity index is 1010. The first-order valence-electron chi connectivity index (χ1n) is 9.88. The molecule has 0 atom stereocenters. The number of likely N-dealkylation sites (tertiary alicyclic amines) is 1. The SMILES string of the molecule is CNC(=O)C1(Cc2cccc(-c3cncnc3)c2)CCN(C(=O)c2ccno2)CC1. The van der Waals surface area contributed by atoms with Crippen LogP contribution in [-0.4, -0.2) is 52.0 Å². The Balaban J connectivity index is 1.53. The molecule has 3 aromatic rings. The summed E-state index contributed by atoms with van der Waals surface area (Å²) in [6, 6.07) is 9.66. The number of carbonyl (C=O) groups excluding carboxylic acids is 2. The van der Waals surface area contributed by atoms with Gasteiger partial charge in [0.05, 0.1) is 11.6 Å². The summed E-state index contributed by atoms with van der Waals surface area (Å²) in [6.45, 7) is 0.971. The smallest absolute Gasteiger partial charge is 0.292 e. The van der Waals surface area contributed by atoms with Gasteiger partial charge in [-0.2, -0.15) is 0 Å². The zero-order valence-corrected chi connectivity index (χ0v) is 16.7. The highest BCUT2D eigenvalue weighted by Gasteiger charge is 2.42. The molecule has 1 N–H and O–H groups in total. The lowest BCUT2D eigenvalue weighted by Gasteiger charge is -2.40. The Hall–Kier alpha value is -3.55.